The number of nitrogens with one attached hydrogen (secondary N) is 2. The third-order valence-electron chi connectivity index (χ3n) is 4.11. The Morgan fingerprint density at radius 2 is 1.85 bits per heavy atom. The van der Waals surface area contributed by atoms with Gasteiger partial charge in [0.15, 0.2) is 5.96 Å². The van der Waals surface area contributed by atoms with Crippen molar-refractivity contribution in [3.63, 3.8) is 0 Å². The molecule has 0 aliphatic carbocycles. The van der Waals surface area contributed by atoms with Gasteiger partial charge in [-0.25, -0.2) is 9.98 Å². The van der Waals surface area contributed by atoms with Crippen molar-refractivity contribution in [2.45, 2.75) is 46.6 Å². The Hall–Kier alpha value is -1.28. The Balaban J connectivity index is 0.00000338. The molecule has 144 valence electrons. The summed E-state index contributed by atoms with van der Waals surface area (Å²) in [6.07, 6.45) is 0. The Labute approximate surface area is 178 Å². The zero-order valence-corrected chi connectivity index (χ0v) is 19.1. The van der Waals surface area contributed by atoms with Gasteiger partial charge in [-0.05, 0) is 38.5 Å². The average Bonchev–Trinajstić information content (AvgIpc) is 2.89. The summed E-state index contributed by atoms with van der Waals surface area (Å²) in [5, 5.41) is 7.41. The van der Waals surface area contributed by atoms with E-state index in [2.05, 4.69) is 46.6 Å². The molecule has 0 spiro atoms. The standard InChI is InChI=1S/C19H27ClN4O.HI/c1-6-21-18(22-11-17-24-13(2)14(3)25-17)23-12-19(4,5)15-7-9-16(20)10-8-15;/h7-10H,6,11-12H2,1-5H3,(H2,21,22,23);1H. The highest BCUT2D eigenvalue weighted by Gasteiger charge is 2.21. The molecule has 0 fully saturated rings. The van der Waals surface area contributed by atoms with E-state index in [1.807, 2.05) is 32.9 Å². The monoisotopic (exact) mass is 490 g/mol. The number of benzene rings is 1. The second kappa shape index (κ2) is 10.2. The van der Waals surface area contributed by atoms with Crippen molar-refractivity contribution in [2.75, 3.05) is 13.1 Å². The maximum absolute atomic E-state index is 5.98. The highest BCUT2D eigenvalue weighted by Crippen LogP contribution is 2.23. The molecule has 0 unspecified atom stereocenters. The predicted octanol–water partition coefficient (Wildman–Crippen LogP) is 4.60. The number of oxazole rings is 1. The number of aryl methyl sites for hydroxylation is 2. The highest BCUT2D eigenvalue weighted by molar-refractivity contribution is 14.0. The number of halogens is 2. The molecule has 0 radical (unpaired) electrons. The fourth-order valence-electron chi connectivity index (χ4n) is 2.40. The molecule has 1 heterocycles. The van der Waals surface area contributed by atoms with Crippen LogP contribution in [0.25, 0.3) is 0 Å². The second-order valence-electron chi connectivity index (χ2n) is 6.69. The molecule has 0 amide bonds. The molecule has 0 bridgehead atoms. The van der Waals surface area contributed by atoms with Crippen LogP contribution in [-0.4, -0.2) is 24.0 Å². The van der Waals surface area contributed by atoms with Gasteiger partial charge in [-0.15, -0.1) is 24.0 Å². The topological polar surface area (TPSA) is 62.5 Å². The number of aromatic nitrogens is 1. The van der Waals surface area contributed by atoms with E-state index in [9.17, 15) is 0 Å². The van der Waals surface area contributed by atoms with Crippen LogP contribution in [0.5, 0.6) is 0 Å². The van der Waals surface area contributed by atoms with Crippen molar-refractivity contribution >= 4 is 41.5 Å². The first-order chi connectivity index (χ1) is 11.8. The molecule has 26 heavy (non-hydrogen) atoms. The maximum atomic E-state index is 5.98. The van der Waals surface area contributed by atoms with Gasteiger partial charge >= 0.3 is 0 Å². The summed E-state index contributed by atoms with van der Waals surface area (Å²) in [5.41, 5.74) is 2.07. The molecule has 0 atom stereocenters. The van der Waals surface area contributed by atoms with E-state index in [0.717, 1.165) is 35.5 Å². The molecule has 0 saturated carbocycles. The number of rotatable bonds is 6. The molecule has 2 rings (SSSR count). The van der Waals surface area contributed by atoms with Crippen molar-refractivity contribution in [3.8, 4) is 0 Å². The lowest BCUT2D eigenvalue weighted by Crippen LogP contribution is -2.43. The number of hydrogen-bond donors (Lipinski definition) is 2. The van der Waals surface area contributed by atoms with Crippen LogP contribution in [0.4, 0.5) is 0 Å². The molecule has 1 aromatic heterocycles. The molecule has 7 heteroatoms. The molecular formula is C19H28ClIN4O. The summed E-state index contributed by atoms with van der Waals surface area (Å²) in [6, 6.07) is 7.97. The van der Waals surface area contributed by atoms with Crippen molar-refractivity contribution in [1.29, 1.82) is 0 Å². The van der Waals surface area contributed by atoms with Gasteiger partial charge in [0.05, 0.1) is 5.69 Å². The largest absolute Gasteiger partial charge is 0.444 e. The summed E-state index contributed by atoms with van der Waals surface area (Å²) in [5.74, 6) is 2.22. The molecule has 0 aliphatic rings. The molecule has 0 saturated heterocycles. The Kier molecular flexibility index (Phi) is 8.89. The quantitative estimate of drug-likeness (QED) is 0.353. The van der Waals surface area contributed by atoms with Crippen molar-refractivity contribution in [1.82, 2.24) is 15.6 Å². The average molecular weight is 491 g/mol. The highest BCUT2D eigenvalue weighted by atomic mass is 127. The van der Waals surface area contributed by atoms with Crippen molar-refractivity contribution < 1.29 is 4.42 Å². The van der Waals surface area contributed by atoms with E-state index in [0.29, 0.717) is 12.4 Å². The summed E-state index contributed by atoms with van der Waals surface area (Å²) in [4.78, 5) is 8.93. The summed E-state index contributed by atoms with van der Waals surface area (Å²) in [6.45, 7) is 12.2. The lowest BCUT2D eigenvalue weighted by molar-refractivity contribution is 0.471. The smallest absolute Gasteiger partial charge is 0.216 e. The van der Waals surface area contributed by atoms with Gasteiger partial charge in [-0.3, -0.25) is 0 Å². The first-order valence-electron chi connectivity index (χ1n) is 8.53. The van der Waals surface area contributed by atoms with Gasteiger partial charge in [-0.1, -0.05) is 37.6 Å². The van der Waals surface area contributed by atoms with Crippen molar-refractivity contribution in [2.24, 2.45) is 4.99 Å². The van der Waals surface area contributed by atoms with Gasteiger partial charge in [-0.2, -0.15) is 0 Å². The van der Waals surface area contributed by atoms with Crippen LogP contribution in [0.3, 0.4) is 0 Å². The van der Waals surface area contributed by atoms with Crippen LogP contribution < -0.4 is 10.6 Å². The van der Waals surface area contributed by atoms with Crippen LogP contribution >= 0.6 is 35.6 Å². The first kappa shape index (κ1) is 22.8. The number of guanidine groups is 1. The molecule has 2 N–H and O–H groups in total. The summed E-state index contributed by atoms with van der Waals surface area (Å²) in [7, 11) is 0. The molecular weight excluding hydrogens is 463 g/mol. The van der Waals surface area contributed by atoms with Crippen molar-refractivity contribution in [3.05, 3.63) is 52.2 Å². The van der Waals surface area contributed by atoms with Crippen LogP contribution in [0.1, 0.15) is 43.7 Å². The Morgan fingerprint density at radius 3 is 2.38 bits per heavy atom. The predicted molar refractivity (Wildman–Crippen MR) is 119 cm³/mol. The second-order valence-corrected chi connectivity index (χ2v) is 7.13. The van der Waals surface area contributed by atoms with Crippen LogP contribution in [-0.2, 0) is 12.0 Å². The molecule has 5 nitrogen and oxygen atoms in total. The number of hydrogen-bond acceptors (Lipinski definition) is 3. The zero-order valence-electron chi connectivity index (χ0n) is 16.0. The van der Waals surface area contributed by atoms with Crippen LogP contribution in [0.2, 0.25) is 5.02 Å². The van der Waals surface area contributed by atoms with Gasteiger partial charge in [0, 0.05) is 23.5 Å². The fourth-order valence-corrected chi connectivity index (χ4v) is 2.53. The summed E-state index contributed by atoms with van der Waals surface area (Å²) >= 11 is 5.98. The molecule has 2 aromatic rings. The maximum Gasteiger partial charge on any atom is 0.216 e. The lowest BCUT2D eigenvalue weighted by atomic mass is 9.85. The van der Waals surface area contributed by atoms with Gasteiger partial charge in [0.25, 0.3) is 0 Å². The van der Waals surface area contributed by atoms with Crippen LogP contribution in [0, 0.1) is 13.8 Å². The van der Waals surface area contributed by atoms with Gasteiger partial charge < -0.3 is 15.1 Å². The minimum absolute atomic E-state index is 0. The lowest BCUT2D eigenvalue weighted by Gasteiger charge is -2.26. The minimum atomic E-state index is -0.0586. The van der Waals surface area contributed by atoms with Gasteiger partial charge in [0.1, 0.15) is 12.3 Å². The van der Waals surface area contributed by atoms with Gasteiger partial charge in [0.2, 0.25) is 5.89 Å². The minimum Gasteiger partial charge on any atom is -0.444 e. The van der Waals surface area contributed by atoms with E-state index in [1.54, 1.807) is 0 Å². The Bertz CT molecular complexity index is 706. The Morgan fingerprint density at radius 1 is 1.19 bits per heavy atom. The number of aliphatic imine (C=N–C) groups is 1. The van der Waals surface area contributed by atoms with Crippen LogP contribution in [0.15, 0.2) is 33.7 Å². The van der Waals surface area contributed by atoms with E-state index in [4.69, 9.17) is 16.0 Å². The normalized spacial score (nSPS) is 11.8. The van der Waals surface area contributed by atoms with E-state index >= 15 is 0 Å². The molecule has 1 aromatic carbocycles. The first-order valence-corrected chi connectivity index (χ1v) is 8.90. The van der Waals surface area contributed by atoms with E-state index < -0.39 is 0 Å². The summed E-state index contributed by atoms with van der Waals surface area (Å²) < 4.78 is 5.58. The SMILES string of the molecule is CCNC(=NCc1nc(C)c(C)o1)NCC(C)(C)c1ccc(Cl)cc1.I. The third kappa shape index (κ3) is 6.46. The number of nitrogens with zero attached hydrogens (tertiary/aromatic N) is 2. The van der Waals surface area contributed by atoms with E-state index in [1.165, 1.54) is 5.56 Å². The zero-order chi connectivity index (χ0) is 18.4. The van der Waals surface area contributed by atoms with E-state index in [-0.39, 0.29) is 29.4 Å². The third-order valence-corrected chi connectivity index (χ3v) is 4.36. The molecule has 0 aliphatic heterocycles. The fraction of sp³-hybridized carbons (Fsp3) is 0.474.